The summed E-state index contributed by atoms with van der Waals surface area (Å²) in [5.74, 6) is 0.649. The zero-order valence-corrected chi connectivity index (χ0v) is 16.7. The third-order valence-electron chi connectivity index (χ3n) is 4.62. The van der Waals surface area contributed by atoms with Gasteiger partial charge in [0.25, 0.3) is 0 Å². The number of benzene rings is 2. The predicted octanol–water partition coefficient (Wildman–Crippen LogP) is 4.48. The number of rotatable bonds is 6. The number of hydrogen-bond donors (Lipinski definition) is 2. The molecule has 6 heteroatoms. The standard InChI is InChI=1S/C20H24ClN3OS/c1-14-12-15-6-3-4-7-18(15)24(14)11-5-10-22-20(26)23-16-8-9-19(25-2)17(21)13-16/h3-4,6-9,13-14H,5,10-12H2,1-2H3,(H2,22,23,26). The van der Waals surface area contributed by atoms with Gasteiger partial charge < -0.3 is 20.3 Å². The Balaban J connectivity index is 1.44. The molecule has 0 fully saturated rings. The number of para-hydroxylation sites is 1. The van der Waals surface area contributed by atoms with Gasteiger partial charge in [0.1, 0.15) is 5.75 Å². The van der Waals surface area contributed by atoms with Gasteiger partial charge in [-0.1, -0.05) is 29.8 Å². The van der Waals surface area contributed by atoms with E-state index in [1.54, 1.807) is 13.2 Å². The Morgan fingerprint density at radius 1 is 1.31 bits per heavy atom. The number of halogens is 1. The van der Waals surface area contributed by atoms with Crippen molar-refractivity contribution in [3.05, 3.63) is 53.1 Å². The maximum absolute atomic E-state index is 6.13. The second-order valence-corrected chi connectivity index (χ2v) is 7.27. The fraction of sp³-hybridized carbons (Fsp3) is 0.350. The number of hydrogen-bond acceptors (Lipinski definition) is 3. The van der Waals surface area contributed by atoms with Gasteiger partial charge in [0.05, 0.1) is 12.1 Å². The first-order valence-corrected chi connectivity index (χ1v) is 9.60. The van der Waals surface area contributed by atoms with Crippen molar-refractivity contribution >= 4 is 40.3 Å². The van der Waals surface area contributed by atoms with Crippen molar-refractivity contribution in [1.82, 2.24) is 5.32 Å². The summed E-state index contributed by atoms with van der Waals surface area (Å²) in [5, 5.41) is 7.57. The zero-order chi connectivity index (χ0) is 18.5. The van der Waals surface area contributed by atoms with Crippen LogP contribution in [0.15, 0.2) is 42.5 Å². The van der Waals surface area contributed by atoms with Crippen LogP contribution in [0.4, 0.5) is 11.4 Å². The molecule has 0 saturated carbocycles. The molecule has 2 N–H and O–H groups in total. The Hall–Kier alpha value is -1.98. The summed E-state index contributed by atoms with van der Waals surface area (Å²) >= 11 is 11.5. The molecule has 0 spiro atoms. The van der Waals surface area contributed by atoms with E-state index in [0.717, 1.165) is 31.6 Å². The van der Waals surface area contributed by atoms with Crippen LogP contribution in [0.1, 0.15) is 18.9 Å². The Bertz CT molecular complexity index is 783. The smallest absolute Gasteiger partial charge is 0.170 e. The van der Waals surface area contributed by atoms with Crippen LogP contribution in [-0.2, 0) is 6.42 Å². The number of nitrogens with zero attached hydrogens (tertiary/aromatic N) is 1. The minimum Gasteiger partial charge on any atom is -0.495 e. The number of methoxy groups -OCH3 is 1. The van der Waals surface area contributed by atoms with E-state index in [4.69, 9.17) is 28.6 Å². The molecule has 4 nitrogen and oxygen atoms in total. The van der Waals surface area contributed by atoms with Crippen LogP contribution in [-0.4, -0.2) is 31.4 Å². The summed E-state index contributed by atoms with van der Waals surface area (Å²) in [4.78, 5) is 2.48. The molecule has 138 valence electrons. The molecule has 0 saturated heterocycles. The van der Waals surface area contributed by atoms with Crippen molar-refractivity contribution in [1.29, 1.82) is 0 Å². The summed E-state index contributed by atoms with van der Waals surface area (Å²) in [7, 11) is 1.60. The van der Waals surface area contributed by atoms with Gasteiger partial charge >= 0.3 is 0 Å². The van der Waals surface area contributed by atoms with Gasteiger partial charge in [-0.15, -0.1) is 0 Å². The van der Waals surface area contributed by atoms with E-state index in [-0.39, 0.29) is 0 Å². The topological polar surface area (TPSA) is 36.5 Å². The van der Waals surface area contributed by atoms with Gasteiger partial charge in [0.2, 0.25) is 0 Å². The van der Waals surface area contributed by atoms with Crippen LogP contribution in [0.5, 0.6) is 5.75 Å². The van der Waals surface area contributed by atoms with Gasteiger partial charge in [-0.25, -0.2) is 0 Å². The van der Waals surface area contributed by atoms with Gasteiger partial charge in [-0.2, -0.15) is 0 Å². The van der Waals surface area contributed by atoms with E-state index in [9.17, 15) is 0 Å². The molecule has 1 aliphatic rings. The largest absolute Gasteiger partial charge is 0.495 e. The molecule has 3 rings (SSSR count). The van der Waals surface area contributed by atoms with Crippen molar-refractivity contribution in [2.45, 2.75) is 25.8 Å². The minimum absolute atomic E-state index is 0.555. The van der Waals surface area contributed by atoms with Gasteiger partial charge in [-0.3, -0.25) is 0 Å². The Labute approximate surface area is 165 Å². The number of nitrogens with one attached hydrogen (secondary N) is 2. The third-order valence-corrected chi connectivity index (χ3v) is 5.16. The molecular weight excluding hydrogens is 366 g/mol. The van der Waals surface area contributed by atoms with Crippen molar-refractivity contribution in [3.8, 4) is 5.75 Å². The highest BCUT2D eigenvalue weighted by atomic mass is 35.5. The fourth-order valence-corrected chi connectivity index (χ4v) is 3.82. The van der Waals surface area contributed by atoms with E-state index >= 15 is 0 Å². The Kier molecular flexibility index (Phi) is 6.22. The predicted molar refractivity (Wildman–Crippen MR) is 114 cm³/mol. The lowest BCUT2D eigenvalue weighted by molar-refractivity contribution is 0.415. The normalized spacial score (nSPS) is 15.5. The summed E-state index contributed by atoms with van der Waals surface area (Å²) in [5.41, 5.74) is 3.66. The van der Waals surface area contributed by atoms with Gasteiger partial charge in [-0.05, 0) is 61.8 Å². The fourth-order valence-electron chi connectivity index (χ4n) is 3.34. The van der Waals surface area contributed by atoms with Crippen molar-refractivity contribution in [3.63, 3.8) is 0 Å². The second-order valence-electron chi connectivity index (χ2n) is 6.46. The monoisotopic (exact) mass is 389 g/mol. The van der Waals surface area contributed by atoms with Gasteiger partial charge in [0.15, 0.2) is 5.11 Å². The molecule has 1 heterocycles. The molecule has 1 unspecified atom stereocenters. The van der Waals surface area contributed by atoms with Crippen molar-refractivity contribution < 1.29 is 4.74 Å². The average Bonchev–Trinajstić information content (AvgIpc) is 2.94. The Morgan fingerprint density at radius 2 is 2.12 bits per heavy atom. The zero-order valence-electron chi connectivity index (χ0n) is 15.1. The van der Waals surface area contributed by atoms with Crippen molar-refractivity contribution in [2.24, 2.45) is 0 Å². The molecule has 0 aliphatic carbocycles. The maximum atomic E-state index is 6.13. The first-order valence-electron chi connectivity index (χ1n) is 8.81. The average molecular weight is 390 g/mol. The minimum atomic E-state index is 0.555. The van der Waals surface area contributed by atoms with E-state index in [0.29, 0.717) is 21.9 Å². The SMILES string of the molecule is COc1ccc(NC(=S)NCCCN2c3ccccc3CC2C)cc1Cl. The number of anilines is 2. The molecule has 0 aromatic heterocycles. The lowest BCUT2D eigenvalue weighted by Gasteiger charge is -2.25. The third kappa shape index (κ3) is 4.40. The van der Waals surface area contributed by atoms with Crippen LogP contribution in [0.3, 0.4) is 0 Å². The van der Waals surface area contributed by atoms with E-state index in [2.05, 4.69) is 46.7 Å². The highest BCUT2D eigenvalue weighted by Crippen LogP contribution is 2.31. The number of ether oxygens (including phenoxy) is 1. The quantitative estimate of drug-likeness (QED) is 0.562. The molecule has 0 radical (unpaired) electrons. The van der Waals surface area contributed by atoms with Gasteiger partial charge in [0, 0.05) is 30.5 Å². The first kappa shape index (κ1) is 18.8. The lowest BCUT2D eigenvalue weighted by Crippen LogP contribution is -2.34. The summed E-state index contributed by atoms with van der Waals surface area (Å²) < 4.78 is 5.15. The van der Waals surface area contributed by atoms with E-state index < -0.39 is 0 Å². The molecule has 1 aliphatic heterocycles. The van der Waals surface area contributed by atoms with Crippen LogP contribution in [0.2, 0.25) is 5.02 Å². The molecule has 26 heavy (non-hydrogen) atoms. The Morgan fingerprint density at radius 3 is 2.88 bits per heavy atom. The molecular formula is C20H24ClN3OS. The second kappa shape index (κ2) is 8.60. The summed E-state index contributed by atoms with van der Waals surface area (Å²) in [6.07, 6.45) is 2.14. The molecule has 2 aromatic carbocycles. The number of thiocarbonyl (C=S) groups is 1. The van der Waals surface area contributed by atoms with Crippen LogP contribution in [0.25, 0.3) is 0 Å². The lowest BCUT2D eigenvalue weighted by atomic mass is 10.1. The highest BCUT2D eigenvalue weighted by molar-refractivity contribution is 7.80. The highest BCUT2D eigenvalue weighted by Gasteiger charge is 2.24. The van der Waals surface area contributed by atoms with E-state index in [1.807, 2.05) is 12.1 Å². The molecule has 0 amide bonds. The molecule has 0 bridgehead atoms. The number of fused-ring (bicyclic) bond motifs is 1. The molecule has 1 atom stereocenters. The summed E-state index contributed by atoms with van der Waals surface area (Å²) in [6, 6.07) is 14.7. The van der Waals surface area contributed by atoms with Crippen LogP contribution in [0, 0.1) is 0 Å². The first-order chi connectivity index (χ1) is 12.6. The van der Waals surface area contributed by atoms with Crippen molar-refractivity contribution in [2.75, 3.05) is 30.4 Å². The van der Waals surface area contributed by atoms with Crippen LogP contribution < -0.4 is 20.3 Å². The molecule has 2 aromatic rings. The maximum Gasteiger partial charge on any atom is 0.170 e. The van der Waals surface area contributed by atoms with Crippen LogP contribution >= 0.6 is 23.8 Å². The van der Waals surface area contributed by atoms with E-state index in [1.165, 1.54) is 11.3 Å². The summed E-state index contributed by atoms with van der Waals surface area (Å²) in [6.45, 7) is 4.12.